The van der Waals surface area contributed by atoms with Crippen LogP contribution in [0.3, 0.4) is 0 Å². The Balaban J connectivity index is 1.92. The van der Waals surface area contributed by atoms with Crippen molar-refractivity contribution < 1.29 is 13.2 Å². The molecule has 0 atom stereocenters. The van der Waals surface area contributed by atoms with Crippen LogP contribution >= 0.6 is 11.8 Å². The summed E-state index contributed by atoms with van der Waals surface area (Å²) in [5.41, 5.74) is 0.282. The van der Waals surface area contributed by atoms with Crippen molar-refractivity contribution in [1.82, 2.24) is 14.4 Å². The maximum absolute atomic E-state index is 13.1. The molecule has 0 spiro atoms. The van der Waals surface area contributed by atoms with Crippen molar-refractivity contribution in [1.29, 1.82) is 5.26 Å². The Hall–Kier alpha value is -2.53. The molecule has 4 nitrogen and oxygen atoms in total. The summed E-state index contributed by atoms with van der Waals surface area (Å²) in [5, 5.41) is 9.21. The van der Waals surface area contributed by atoms with Gasteiger partial charge in [-0.15, -0.1) is 0 Å². The van der Waals surface area contributed by atoms with Gasteiger partial charge in [-0.05, 0) is 25.1 Å². The predicted molar refractivity (Wildman–Crippen MR) is 83.4 cm³/mol. The van der Waals surface area contributed by atoms with Gasteiger partial charge in [0.25, 0.3) is 0 Å². The molecule has 3 heterocycles. The zero-order valence-corrected chi connectivity index (χ0v) is 13.3. The molecule has 0 unspecified atom stereocenters. The van der Waals surface area contributed by atoms with Crippen molar-refractivity contribution in [3.05, 3.63) is 59.2 Å². The number of aryl methyl sites for hydroxylation is 1. The fraction of sp³-hybridized carbons (Fsp3) is 0.188. The Bertz CT molecular complexity index is 908. The quantitative estimate of drug-likeness (QED) is 0.665. The van der Waals surface area contributed by atoms with Crippen LogP contribution in [0.15, 0.2) is 41.7 Å². The van der Waals surface area contributed by atoms with Gasteiger partial charge < -0.3 is 4.40 Å². The second-order valence-corrected chi connectivity index (χ2v) is 6.05. The molecule has 24 heavy (non-hydrogen) atoms. The van der Waals surface area contributed by atoms with E-state index in [1.807, 2.05) is 28.8 Å². The average molecular weight is 348 g/mol. The largest absolute Gasteiger partial charge is 0.417 e. The number of hydrogen-bond donors (Lipinski definition) is 0. The van der Waals surface area contributed by atoms with E-state index in [1.54, 1.807) is 12.3 Å². The molecular weight excluding hydrogens is 337 g/mol. The van der Waals surface area contributed by atoms with E-state index in [2.05, 4.69) is 9.97 Å². The number of rotatable bonds is 3. The summed E-state index contributed by atoms with van der Waals surface area (Å²) in [4.78, 5) is 8.48. The van der Waals surface area contributed by atoms with E-state index in [-0.39, 0.29) is 10.7 Å². The Morgan fingerprint density at radius 3 is 2.75 bits per heavy atom. The molecule has 122 valence electrons. The summed E-state index contributed by atoms with van der Waals surface area (Å²) in [5.74, 6) is 0.324. The summed E-state index contributed by atoms with van der Waals surface area (Å²) >= 11 is 1.07. The molecule has 0 radical (unpaired) electrons. The molecule has 0 amide bonds. The monoisotopic (exact) mass is 348 g/mol. The number of nitrogens with zero attached hydrogens (tertiary/aromatic N) is 4. The first-order chi connectivity index (χ1) is 11.4. The number of pyridine rings is 2. The third-order valence-corrected chi connectivity index (χ3v) is 4.31. The molecule has 0 saturated heterocycles. The van der Waals surface area contributed by atoms with Crippen molar-refractivity contribution in [2.45, 2.75) is 23.9 Å². The lowest BCUT2D eigenvalue weighted by atomic mass is 10.1. The van der Waals surface area contributed by atoms with Gasteiger partial charge >= 0.3 is 6.18 Å². The number of thioether (sulfide) groups is 1. The molecular formula is C16H11F3N4S. The van der Waals surface area contributed by atoms with Crippen LogP contribution in [0, 0.1) is 18.3 Å². The normalized spacial score (nSPS) is 11.6. The van der Waals surface area contributed by atoms with Gasteiger partial charge in [-0.3, -0.25) is 0 Å². The molecule has 0 saturated carbocycles. The number of aromatic nitrogens is 3. The highest BCUT2D eigenvalue weighted by molar-refractivity contribution is 7.98. The second-order valence-electron chi connectivity index (χ2n) is 5.09. The minimum Gasteiger partial charge on any atom is -0.307 e. The van der Waals surface area contributed by atoms with Gasteiger partial charge in [0.05, 0.1) is 16.8 Å². The number of halogens is 3. The number of hydrogen-bond acceptors (Lipinski definition) is 4. The molecule has 0 aliphatic carbocycles. The zero-order valence-electron chi connectivity index (χ0n) is 12.5. The van der Waals surface area contributed by atoms with Crippen LogP contribution < -0.4 is 0 Å². The fourth-order valence-electron chi connectivity index (χ4n) is 2.28. The number of nitriles is 1. The third-order valence-electron chi connectivity index (χ3n) is 3.30. The van der Waals surface area contributed by atoms with Crippen LogP contribution in [0.25, 0.3) is 5.65 Å². The van der Waals surface area contributed by atoms with Gasteiger partial charge in [-0.2, -0.15) is 18.4 Å². The number of fused-ring (bicyclic) bond motifs is 1. The molecule has 0 bridgehead atoms. The van der Waals surface area contributed by atoms with Gasteiger partial charge in [0.1, 0.15) is 16.7 Å². The summed E-state index contributed by atoms with van der Waals surface area (Å²) in [7, 11) is 0. The minimum absolute atomic E-state index is 0.0712. The van der Waals surface area contributed by atoms with Gasteiger partial charge in [-0.1, -0.05) is 17.8 Å². The summed E-state index contributed by atoms with van der Waals surface area (Å²) < 4.78 is 41.1. The molecule has 8 heteroatoms. The van der Waals surface area contributed by atoms with E-state index >= 15 is 0 Å². The van der Waals surface area contributed by atoms with E-state index in [0.717, 1.165) is 23.5 Å². The van der Waals surface area contributed by atoms with E-state index in [1.165, 1.54) is 6.92 Å². The molecule has 0 fully saturated rings. The zero-order chi connectivity index (χ0) is 17.3. The van der Waals surface area contributed by atoms with Crippen LogP contribution in [-0.4, -0.2) is 14.4 Å². The van der Waals surface area contributed by atoms with Gasteiger partial charge in [0.15, 0.2) is 0 Å². The highest BCUT2D eigenvalue weighted by atomic mass is 32.2. The van der Waals surface area contributed by atoms with Crippen molar-refractivity contribution in [2.24, 2.45) is 0 Å². The van der Waals surface area contributed by atoms with Gasteiger partial charge in [0.2, 0.25) is 0 Å². The Morgan fingerprint density at radius 2 is 2.08 bits per heavy atom. The molecule has 3 aromatic heterocycles. The minimum atomic E-state index is -4.59. The maximum Gasteiger partial charge on any atom is 0.417 e. The predicted octanol–water partition coefficient (Wildman–Crippen LogP) is 4.22. The van der Waals surface area contributed by atoms with Crippen LogP contribution in [0.4, 0.5) is 13.2 Å². The van der Waals surface area contributed by atoms with E-state index in [4.69, 9.17) is 5.26 Å². The standard InChI is InChI=1S/C16H11F3N4S/c1-10-6-13(16(17,18)19)12(7-20)15(21-10)24-9-11-8-23-5-3-2-4-14(23)22-11/h2-6,8H,9H2,1H3. The van der Waals surface area contributed by atoms with E-state index in [9.17, 15) is 13.2 Å². The molecule has 3 aromatic rings. The first kappa shape index (κ1) is 16.3. The fourth-order valence-corrected chi connectivity index (χ4v) is 3.21. The lowest BCUT2D eigenvalue weighted by Gasteiger charge is -2.12. The first-order valence-corrected chi connectivity index (χ1v) is 7.91. The second kappa shape index (κ2) is 6.17. The molecule has 0 aliphatic rings. The third kappa shape index (κ3) is 3.21. The molecule has 0 aromatic carbocycles. The maximum atomic E-state index is 13.1. The number of alkyl halides is 3. The first-order valence-electron chi connectivity index (χ1n) is 6.93. The summed E-state index contributed by atoms with van der Waals surface area (Å²) in [6, 6.07) is 8.07. The van der Waals surface area contributed by atoms with Crippen molar-refractivity contribution in [2.75, 3.05) is 0 Å². The highest BCUT2D eigenvalue weighted by Crippen LogP contribution is 2.36. The van der Waals surface area contributed by atoms with Crippen LogP contribution in [0.2, 0.25) is 0 Å². The lowest BCUT2D eigenvalue weighted by Crippen LogP contribution is -2.10. The Kier molecular flexibility index (Phi) is 4.20. The average Bonchev–Trinajstić information content (AvgIpc) is 2.94. The van der Waals surface area contributed by atoms with E-state index in [0.29, 0.717) is 11.4 Å². The van der Waals surface area contributed by atoms with Crippen LogP contribution in [0.1, 0.15) is 22.5 Å². The van der Waals surface area contributed by atoms with Crippen molar-refractivity contribution in [3.8, 4) is 6.07 Å². The topological polar surface area (TPSA) is 54.0 Å². The molecule has 3 rings (SSSR count). The Morgan fingerprint density at radius 1 is 1.29 bits per heavy atom. The lowest BCUT2D eigenvalue weighted by molar-refractivity contribution is -0.138. The number of imidazole rings is 1. The van der Waals surface area contributed by atoms with Crippen LogP contribution in [-0.2, 0) is 11.9 Å². The smallest absolute Gasteiger partial charge is 0.307 e. The molecule has 0 N–H and O–H groups in total. The van der Waals surface area contributed by atoms with E-state index < -0.39 is 17.3 Å². The highest BCUT2D eigenvalue weighted by Gasteiger charge is 2.35. The van der Waals surface area contributed by atoms with Gasteiger partial charge in [-0.25, -0.2) is 9.97 Å². The van der Waals surface area contributed by atoms with Crippen molar-refractivity contribution >= 4 is 17.4 Å². The van der Waals surface area contributed by atoms with Gasteiger partial charge in [0, 0.05) is 23.8 Å². The summed E-state index contributed by atoms with van der Waals surface area (Å²) in [6.07, 6.45) is -0.949. The molecule has 0 aliphatic heterocycles. The summed E-state index contributed by atoms with van der Waals surface area (Å²) in [6.45, 7) is 1.48. The Labute approximate surface area is 140 Å². The van der Waals surface area contributed by atoms with Crippen LogP contribution in [0.5, 0.6) is 0 Å². The van der Waals surface area contributed by atoms with Crippen molar-refractivity contribution in [3.63, 3.8) is 0 Å². The SMILES string of the molecule is Cc1cc(C(F)(F)F)c(C#N)c(SCc2cn3ccccc3n2)n1.